The Morgan fingerprint density at radius 2 is 1.83 bits per heavy atom. The number of ether oxygens (including phenoxy) is 3. The van der Waals surface area contributed by atoms with Crippen LogP contribution in [0.2, 0.25) is 0 Å². The number of carbonyl (C=O) groups excluding carboxylic acids is 1. The zero-order valence-corrected chi connectivity index (χ0v) is 20.4. The molecule has 0 heterocycles. The highest BCUT2D eigenvalue weighted by Crippen LogP contribution is 2.17. The maximum absolute atomic E-state index is 11.6. The number of amides is 1. The molecule has 1 aromatic rings. The SMILES string of the molecule is CN=C(NCCCNC(=O)OC(C)(C)C)Nc1cccc(OCCCOC)c1.I. The van der Waals surface area contributed by atoms with Crippen molar-refractivity contribution < 1.29 is 19.0 Å². The Hall–Kier alpha value is -1.75. The Morgan fingerprint density at radius 1 is 1.10 bits per heavy atom. The zero-order chi connectivity index (χ0) is 20.8. The first-order valence-electron chi connectivity index (χ1n) is 9.50. The molecule has 9 heteroatoms. The van der Waals surface area contributed by atoms with Crippen molar-refractivity contribution in [2.75, 3.05) is 45.8 Å². The van der Waals surface area contributed by atoms with E-state index in [0.717, 1.165) is 24.3 Å². The summed E-state index contributed by atoms with van der Waals surface area (Å²) in [6.45, 7) is 7.97. The second kappa shape index (κ2) is 15.1. The highest BCUT2D eigenvalue weighted by atomic mass is 127. The molecule has 0 aliphatic carbocycles. The van der Waals surface area contributed by atoms with Crippen molar-refractivity contribution in [2.24, 2.45) is 4.99 Å². The summed E-state index contributed by atoms with van der Waals surface area (Å²) in [5.41, 5.74) is 0.389. The Labute approximate surface area is 191 Å². The zero-order valence-electron chi connectivity index (χ0n) is 18.0. The highest BCUT2D eigenvalue weighted by molar-refractivity contribution is 14.0. The fraction of sp³-hybridized carbons (Fsp3) is 0.600. The first-order chi connectivity index (χ1) is 13.3. The quantitative estimate of drug-likeness (QED) is 0.188. The van der Waals surface area contributed by atoms with Crippen LogP contribution in [-0.4, -0.2) is 58.1 Å². The van der Waals surface area contributed by atoms with Crippen molar-refractivity contribution in [3.8, 4) is 5.75 Å². The maximum atomic E-state index is 11.6. The number of anilines is 1. The second-order valence-electron chi connectivity index (χ2n) is 7.13. The minimum Gasteiger partial charge on any atom is -0.493 e. The monoisotopic (exact) mass is 522 g/mol. The summed E-state index contributed by atoms with van der Waals surface area (Å²) < 4.78 is 15.9. The lowest BCUT2D eigenvalue weighted by atomic mass is 10.2. The minimum atomic E-state index is -0.490. The maximum Gasteiger partial charge on any atom is 0.407 e. The van der Waals surface area contributed by atoms with Crippen molar-refractivity contribution in [1.29, 1.82) is 0 Å². The van der Waals surface area contributed by atoms with Gasteiger partial charge in [0.25, 0.3) is 0 Å². The Morgan fingerprint density at radius 3 is 2.48 bits per heavy atom. The molecule has 0 fully saturated rings. The van der Waals surface area contributed by atoms with Crippen LogP contribution in [0.15, 0.2) is 29.3 Å². The number of rotatable bonds is 10. The molecule has 8 nitrogen and oxygen atoms in total. The topological polar surface area (TPSA) is 93.2 Å². The molecule has 0 spiro atoms. The van der Waals surface area contributed by atoms with Gasteiger partial charge in [-0.2, -0.15) is 0 Å². The fourth-order valence-corrected chi connectivity index (χ4v) is 2.17. The van der Waals surface area contributed by atoms with E-state index < -0.39 is 11.7 Å². The van der Waals surface area contributed by atoms with E-state index in [1.807, 2.05) is 45.0 Å². The second-order valence-corrected chi connectivity index (χ2v) is 7.13. The van der Waals surface area contributed by atoms with Crippen LogP contribution in [0.5, 0.6) is 5.75 Å². The number of aliphatic imine (C=N–C) groups is 1. The number of hydrogen-bond donors (Lipinski definition) is 3. The number of methoxy groups -OCH3 is 1. The third-order valence-electron chi connectivity index (χ3n) is 3.40. The van der Waals surface area contributed by atoms with Crippen molar-refractivity contribution in [2.45, 2.75) is 39.2 Å². The number of halogens is 1. The predicted octanol–water partition coefficient (Wildman–Crippen LogP) is 3.62. The average Bonchev–Trinajstić information content (AvgIpc) is 2.63. The third-order valence-corrected chi connectivity index (χ3v) is 3.40. The molecule has 0 bridgehead atoms. The van der Waals surface area contributed by atoms with Gasteiger partial charge in [0.05, 0.1) is 6.61 Å². The summed E-state index contributed by atoms with van der Waals surface area (Å²) in [4.78, 5) is 15.8. The molecule has 0 unspecified atom stereocenters. The molecule has 0 saturated carbocycles. The summed E-state index contributed by atoms with van der Waals surface area (Å²) in [6.07, 6.45) is 1.18. The predicted molar refractivity (Wildman–Crippen MR) is 128 cm³/mol. The van der Waals surface area contributed by atoms with Crippen molar-refractivity contribution in [1.82, 2.24) is 10.6 Å². The summed E-state index contributed by atoms with van der Waals surface area (Å²) in [6, 6.07) is 7.70. The van der Waals surface area contributed by atoms with Crippen molar-refractivity contribution in [3.63, 3.8) is 0 Å². The number of nitrogens with zero attached hydrogens (tertiary/aromatic N) is 1. The number of hydrogen-bond acceptors (Lipinski definition) is 5. The molecule has 29 heavy (non-hydrogen) atoms. The number of benzene rings is 1. The lowest BCUT2D eigenvalue weighted by molar-refractivity contribution is 0.0527. The van der Waals surface area contributed by atoms with E-state index >= 15 is 0 Å². The summed E-state index contributed by atoms with van der Waals surface area (Å²) in [7, 11) is 3.39. The van der Waals surface area contributed by atoms with Gasteiger partial charge in [0.1, 0.15) is 11.4 Å². The normalized spacial score (nSPS) is 11.3. The van der Waals surface area contributed by atoms with Crippen LogP contribution in [-0.2, 0) is 9.47 Å². The summed E-state index contributed by atoms with van der Waals surface area (Å²) >= 11 is 0. The molecule has 1 aromatic carbocycles. The van der Waals surface area contributed by atoms with Crippen LogP contribution in [0.1, 0.15) is 33.6 Å². The molecule has 0 aliphatic heterocycles. The van der Waals surface area contributed by atoms with Gasteiger partial charge in [-0.15, -0.1) is 24.0 Å². The van der Waals surface area contributed by atoms with Gasteiger partial charge in [0.15, 0.2) is 5.96 Å². The van der Waals surface area contributed by atoms with E-state index in [1.54, 1.807) is 14.2 Å². The van der Waals surface area contributed by atoms with Gasteiger partial charge in [0, 0.05) is 52.0 Å². The molecule has 0 saturated heterocycles. The molecule has 3 N–H and O–H groups in total. The molecule has 1 rings (SSSR count). The molecule has 0 radical (unpaired) electrons. The lowest BCUT2D eigenvalue weighted by Gasteiger charge is -2.19. The minimum absolute atomic E-state index is 0. The summed E-state index contributed by atoms with van der Waals surface area (Å²) in [5, 5.41) is 9.16. The van der Waals surface area contributed by atoms with Crippen LogP contribution < -0.4 is 20.7 Å². The molecule has 166 valence electrons. The molecular formula is C20H35IN4O4. The van der Waals surface area contributed by atoms with Crippen LogP contribution in [0, 0.1) is 0 Å². The Balaban J connectivity index is 0.00000784. The van der Waals surface area contributed by atoms with Gasteiger partial charge < -0.3 is 30.2 Å². The van der Waals surface area contributed by atoms with E-state index in [4.69, 9.17) is 14.2 Å². The van der Waals surface area contributed by atoms with Gasteiger partial charge in [-0.3, -0.25) is 4.99 Å². The van der Waals surface area contributed by atoms with Gasteiger partial charge >= 0.3 is 6.09 Å². The standard InChI is InChI=1S/C20H34N4O4.HI/c1-20(2,3)28-19(25)23-12-7-11-22-18(21-4)24-16-9-6-10-17(15-16)27-14-8-13-26-5;/h6,9-10,15H,7-8,11-14H2,1-5H3,(H,23,25)(H2,21,22,24);1H. The van der Waals surface area contributed by atoms with E-state index in [9.17, 15) is 4.79 Å². The van der Waals surface area contributed by atoms with Crippen LogP contribution in [0.25, 0.3) is 0 Å². The third kappa shape index (κ3) is 14.0. The number of nitrogens with one attached hydrogen (secondary N) is 3. The molecular weight excluding hydrogens is 487 g/mol. The van der Waals surface area contributed by atoms with E-state index in [0.29, 0.717) is 32.3 Å². The number of guanidine groups is 1. The van der Waals surface area contributed by atoms with Gasteiger partial charge in [-0.05, 0) is 39.3 Å². The number of alkyl carbamates (subject to hydrolysis) is 1. The van der Waals surface area contributed by atoms with Gasteiger partial charge in [-0.25, -0.2) is 4.79 Å². The molecule has 0 aliphatic rings. The van der Waals surface area contributed by atoms with Crippen LogP contribution >= 0.6 is 24.0 Å². The Bertz CT molecular complexity index is 621. The van der Waals surface area contributed by atoms with Crippen molar-refractivity contribution in [3.05, 3.63) is 24.3 Å². The highest BCUT2D eigenvalue weighted by Gasteiger charge is 2.15. The van der Waals surface area contributed by atoms with Crippen LogP contribution in [0.3, 0.4) is 0 Å². The van der Waals surface area contributed by atoms with E-state index in [-0.39, 0.29) is 24.0 Å². The first-order valence-corrected chi connectivity index (χ1v) is 9.50. The molecule has 0 atom stereocenters. The van der Waals surface area contributed by atoms with Crippen LogP contribution in [0.4, 0.5) is 10.5 Å². The smallest absolute Gasteiger partial charge is 0.407 e. The fourth-order valence-electron chi connectivity index (χ4n) is 2.17. The Kier molecular flexibility index (Phi) is 14.2. The number of carbonyl (C=O) groups is 1. The lowest BCUT2D eigenvalue weighted by Crippen LogP contribution is -2.35. The van der Waals surface area contributed by atoms with Gasteiger partial charge in [-0.1, -0.05) is 6.07 Å². The molecule has 1 amide bonds. The first kappa shape index (κ1) is 27.2. The van der Waals surface area contributed by atoms with Gasteiger partial charge in [0.2, 0.25) is 0 Å². The van der Waals surface area contributed by atoms with Crippen molar-refractivity contribution >= 4 is 41.7 Å². The van der Waals surface area contributed by atoms with E-state index in [1.165, 1.54) is 0 Å². The average molecular weight is 522 g/mol. The largest absolute Gasteiger partial charge is 0.493 e. The van der Waals surface area contributed by atoms with E-state index in [2.05, 4.69) is 20.9 Å². The summed E-state index contributed by atoms with van der Waals surface area (Å²) in [5.74, 6) is 1.44. The molecule has 0 aromatic heterocycles.